The zero-order valence-electron chi connectivity index (χ0n) is 31.1. The molecule has 1 aliphatic rings. The van der Waals surface area contributed by atoms with Crippen LogP contribution >= 0.6 is 45.3 Å². The lowest BCUT2D eigenvalue weighted by atomic mass is 10.2. The summed E-state index contributed by atoms with van der Waals surface area (Å²) in [5.74, 6) is 0.134. The van der Waals surface area contributed by atoms with Gasteiger partial charge >= 0.3 is 5.82 Å². The Kier molecular flexibility index (Phi) is 12.1. The molecule has 1 aliphatic heterocycles. The zero-order valence-corrected chi connectivity index (χ0v) is 35.3. The van der Waals surface area contributed by atoms with Gasteiger partial charge in [0.2, 0.25) is 0 Å². The predicted molar refractivity (Wildman–Crippen MR) is 232 cm³/mol. The monoisotopic (exact) mass is 804 g/mol. The van der Waals surface area contributed by atoms with Crippen molar-refractivity contribution in [2.75, 3.05) is 0 Å². The van der Waals surface area contributed by atoms with Crippen LogP contribution in [0.2, 0.25) is 12.1 Å². The van der Waals surface area contributed by atoms with Crippen LogP contribution in [0, 0.1) is 83.9 Å². The summed E-state index contributed by atoms with van der Waals surface area (Å²) in [4.78, 5) is 6.85. The molecule has 0 N–H and O–H groups in total. The van der Waals surface area contributed by atoms with E-state index in [1.54, 1.807) is 33.0 Å². The Hall–Kier alpha value is -4.84. The van der Waals surface area contributed by atoms with E-state index >= 15 is 0 Å². The number of hydrogen-bond acceptors (Lipinski definition) is 6. The van der Waals surface area contributed by atoms with Crippen molar-refractivity contribution in [3.8, 4) is 12.1 Å². The third-order valence-corrected chi connectivity index (χ3v) is 20.8. The standard InChI is InChI=1S/C46H40N4S4Si/c1-5-7-9-11-25-55(26-12-10-8-6-2)44-27-31(36-17-20-39(51-36)40-22-19-38(53-40)33(29-47)30-48)13-15-34(44)35-16-14-32(28-45(35)55)37-18-21-41(52-37)42-23-24-43(54-42)46(49-3)50-4/h13-24,27-28H,5-12,25-26H2,1-2H3/b36-31-,37-32-,40-39-,42-41-. The van der Waals surface area contributed by atoms with E-state index in [2.05, 4.69) is 84.2 Å². The van der Waals surface area contributed by atoms with Crippen LogP contribution in [0.1, 0.15) is 65.2 Å². The summed E-state index contributed by atoms with van der Waals surface area (Å²) in [6, 6.07) is 37.9. The number of nitriles is 2. The molecule has 0 saturated carbocycles. The Labute approximate surface area is 337 Å². The van der Waals surface area contributed by atoms with Crippen LogP contribution < -0.4 is 19.4 Å². The molecule has 7 rings (SSSR count). The van der Waals surface area contributed by atoms with Gasteiger partial charge in [-0.05, 0) is 91.9 Å². The molecule has 0 spiro atoms. The normalized spacial score (nSPS) is 14.9. The van der Waals surface area contributed by atoms with Crippen LogP contribution in [0.25, 0.3) is 21.1 Å². The quantitative estimate of drug-likeness (QED) is 0.0787. The second kappa shape index (κ2) is 17.3. The van der Waals surface area contributed by atoms with E-state index in [-0.39, 0.29) is 11.4 Å². The molecule has 0 atom stereocenters. The number of unbranched alkanes of at least 4 members (excludes halogenated alkanes) is 6. The highest BCUT2D eigenvalue weighted by molar-refractivity contribution is 7.12. The van der Waals surface area contributed by atoms with Gasteiger partial charge in [-0.15, -0.1) is 45.3 Å². The van der Waals surface area contributed by atoms with Gasteiger partial charge in [-0.3, -0.25) is 0 Å². The fourth-order valence-electron chi connectivity index (χ4n) is 7.89. The summed E-state index contributed by atoms with van der Waals surface area (Å²) in [6.07, 6.45) is 10.1. The van der Waals surface area contributed by atoms with Gasteiger partial charge in [0, 0.05) is 27.2 Å². The highest BCUT2D eigenvalue weighted by Crippen LogP contribution is 2.29. The average Bonchev–Trinajstić information content (AvgIpc) is 4.07. The summed E-state index contributed by atoms with van der Waals surface area (Å²) in [6.45, 7) is 19.4. The highest BCUT2D eigenvalue weighted by Gasteiger charge is 2.41. The van der Waals surface area contributed by atoms with Gasteiger partial charge in [-0.2, -0.15) is 20.2 Å². The highest BCUT2D eigenvalue weighted by atomic mass is 32.1. The molecule has 0 radical (unpaired) electrons. The van der Waals surface area contributed by atoms with Crippen molar-refractivity contribution in [1.82, 2.24) is 0 Å². The van der Waals surface area contributed by atoms with Crippen LogP contribution in [0.5, 0.6) is 0 Å². The van der Waals surface area contributed by atoms with Crippen LogP contribution in [0.3, 0.4) is 0 Å². The Morgan fingerprint density at radius 1 is 0.545 bits per heavy atom. The van der Waals surface area contributed by atoms with Crippen LogP contribution in [0.15, 0.2) is 84.9 Å². The molecule has 0 amide bonds. The van der Waals surface area contributed by atoms with E-state index in [4.69, 9.17) is 13.1 Å². The topological polar surface area (TPSA) is 56.3 Å². The molecule has 0 fully saturated rings. The van der Waals surface area contributed by atoms with Crippen molar-refractivity contribution >= 4 is 75.2 Å². The maximum absolute atomic E-state index is 9.39. The predicted octanol–water partition coefficient (Wildman–Crippen LogP) is 10.5. The van der Waals surface area contributed by atoms with Crippen molar-refractivity contribution in [2.45, 2.75) is 77.3 Å². The van der Waals surface area contributed by atoms with Crippen molar-refractivity contribution in [3.63, 3.8) is 0 Å². The molecule has 0 unspecified atom stereocenters. The first-order chi connectivity index (χ1) is 27.0. The molecule has 5 heterocycles. The number of nitrogens with zero attached hydrogens (tertiary/aromatic N) is 4. The minimum absolute atomic E-state index is 0.134. The largest absolute Gasteiger partial charge is 0.536 e. The molecule has 0 bridgehead atoms. The summed E-state index contributed by atoms with van der Waals surface area (Å²) in [5, 5.41) is 27.4. The molecule has 0 saturated heterocycles. The minimum Gasteiger partial charge on any atom is -0.192 e. The summed E-state index contributed by atoms with van der Waals surface area (Å²) >= 11 is 6.61. The molecular formula is C46H40N4S4Si. The third-order valence-electron chi connectivity index (χ3n) is 10.7. The van der Waals surface area contributed by atoms with Crippen molar-refractivity contribution in [1.29, 1.82) is 10.5 Å². The van der Waals surface area contributed by atoms with Crippen molar-refractivity contribution < 1.29 is 0 Å². The van der Waals surface area contributed by atoms with Crippen molar-refractivity contribution in [2.24, 2.45) is 0 Å². The van der Waals surface area contributed by atoms with Gasteiger partial charge in [-0.1, -0.05) is 102 Å². The van der Waals surface area contributed by atoms with E-state index in [1.165, 1.54) is 121 Å². The Morgan fingerprint density at radius 2 is 0.982 bits per heavy atom. The molecule has 272 valence electrons. The molecule has 0 aliphatic carbocycles. The first-order valence-corrected chi connectivity index (χ1v) is 24.6. The second-order valence-corrected chi connectivity index (χ2v) is 22.6. The molecule has 2 aromatic carbocycles. The third kappa shape index (κ3) is 7.70. The Balaban J connectivity index is 1.46. The molecular weight excluding hydrogens is 765 g/mol. The zero-order chi connectivity index (χ0) is 38.4. The smallest absolute Gasteiger partial charge is 0.192 e. The van der Waals surface area contributed by atoms with Gasteiger partial charge in [0.25, 0.3) is 0 Å². The lowest BCUT2D eigenvalue weighted by molar-refractivity contribution is 0.684. The van der Waals surface area contributed by atoms with Crippen LogP contribution in [0.4, 0.5) is 0 Å². The molecule has 4 nitrogen and oxygen atoms in total. The lowest BCUT2D eigenvalue weighted by Crippen LogP contribution is -2.56. The minimum atomic E-state index is -2.16. The number of hydrogen-bond donors (Lipinski definition) is 0. The molecule has 55 heavy (non-hydrogen) atoms. The lowest BCUT2D eigenvalue weighted by Gasteiger charge is -2.31. The van der Waals surface area contributed by atoms with E-state index in [0.717, 1.165) is 22.7 Å². The maximum Gasteiger partial charge on any atom is 0.536 e. The summed E-state index contributed by atoms with van der Waals surface area (Å²) in [7, 11) is -2.16. The Morgan fingerprint density at radius 3 is 1.45 bits per heavy atom. The van der Waals surface area contributed by atoms with Crippen molar-refractivity contribution in [3.05, 3.63) is 165 Å². The first kappa shape index (κ1) is 38.4. The van der Waals surface area contributed by atoms with Crippen LogP contribution in [-0.4, -0.2) is 8.07 Å². The number of fused-ring (bicyclic) bond motifs is 2. The fourth-order valence-corrected chi connectivity index (χ4v) is 17.6. The first-order valence-electron chi connectivity index (χ1n) is 19.0. The van der Waals surface area contributed by atoms with Gasteiger partial charge in [-0.25, -0.2) is 0 Å². The van der Waals surface area contributed by atoms with Gasteiger partial charge in [0.05, 0.1) is 4.53 Å². The SMILES string of the molecule is [C-]#[N+]C([N+]#[C-])=c1cc/c(=c2\cc/c(=c3\ccc4c(c3)[Si](CCCCCC)(CCCCCC)c3c/c(=c5/cc/c(=c6\ccc(=C(C#N)C#N)s6)s5)ccc3=4)s2)s1. The molecule has 4 aromatic heterocycles. The van der Waals surface area contributed by atoms with E-state index < -0.39 is 8.07 Å². The summed E-state index contributed by atoms with van der Waals surface area (Å²) < 4.78 is 8.44. The summed E-state index contributed by atoms with van der Waals surface area (Å²) in [5.41, 5.74) is 0.164. The molecule has 9 heteroatoms. The van der Waals surface area contributed by atoms with Gasteiger partial charge in [0.1, 0.15) is 43.5 Å². The second-order valence-electron chi connectivity index (χ2n) is 14.0. The van der Waals surface area contributed by atoms with Gasteiger partial charge in [0.15, 0.2) is 0 Å². The average molecular weight is 805 g/mol. The van der Waals surface area contributed by atoms with E-state index in [0.29, 0.717) is 0 Å². The molecule has 6 aromatic rings. The van der Waals surface area contributed by atoms with E-state index in [9.17, 15) is 10.5 Å². The van der Waals surface area contributed by atoms with Gasteiger partial charge < -0.3 is 0 Å². The Bertz CT molecular complexity index is 2970. The van der Waals surface area contributed by atoms with Crippen LogP contribution in [-0.2, 0) is 0 Å². The fraction of sp³-hybridized carbons (Fsp3) is 0.261. The number of thiophene rings is 4. The number of rotatable bonds is 10. The maximum atomic E-state index is 9.39. The van der Waals surface area contributed by atoms with E-state index in [1.807, 2.05) is 36.4 Å². The number of benzene rings is 2.